The number of benzene rings is 1. The lowest BCUT2D eigenvalue weighted by atomic mass is 10.1. The second kappa shape index (κ2) is 9.20. The number of carbonyl (C=O) groups excluding carboxylic acids is 1. The van der Waals surface area contributed by atoms with Crippen LogP contribution in [0.15, 0.2) is 41.5 Å². The van der Waals surface area contributed by atoms with E-state index in [2.05, 4.69) is 15.1 Å². The van der Waals surface area contributed by atoms with E-state index in [1.807, 2.05) is 0 Å². The third kappa shape index (κ3) is 6.01. The molecule has 32 heavy (non-hydrogen) atoms. The van der Waals surface area contributed by atoms with Crippen molar-refractivity contribution in [1.82, 2.24) is 20.0 Å². The summed E-state index contributed by atoms with van der Waals surface area (Å²) in [6.07, 6.45) is -4.15. The highest BCUT2D eigenvalue weighted by atomic mass is 19.4. The molecule has 1 N–H and O–H groups in total. The van der Waals surface area contributed by atoms with Gasteiger partial charge in [0.2, 0.25) is 0 Å². The van der Waals surface area contributed by atoms with E-state index in [1.54, 1.807) is 0 Å². The summed E-state index contributed by atoms with van der Waals surface area (Å²) >= 11 is 0. The van der Waals surface area contributed by atoms with Gasteiger partial charge >= 0.3 is 6.36 Å². The molecule has 1 aromatic carbocycles. The molecule has 0 saturated carbocycles. The van der Waals surface area contributed by atoms with Gasteiger partial charge in [0.05, 0.1) is 25.5 Å². The van der Waals surface area contributed by atoms with Crippen LogP contribution in [0, 0.1) is 0 Å². The molecule has 1 aliphatic heterocycles. The molecule has 0 bridgehead atoms. The number of methoxy groups -OCH3 is 1. The summed E-state index contributed by atoms with van der Waals surface area (Å²) in [5.74, 6) is -4.15. The van der Waals surface area contributed by atoms with Crippen molar-refractivity contribution in [3.05, 3.63) is 58.3 Å². The number of rotatable bonds is 7. The Morgan fingerprint density at radius 1 is 1.28 bits per heavy atom. The average Bonchev–Trinajstić information content (AvgIpc) is 3.04. The number of aromatic nitrogens is 2. The fraction of sp³-hybridized carbons (Fsp3) is 0.421. The zero-order valence-electron chi connectivity index (χ0n) is 16.7. The molecule has 1 amide bonds. The Bertz CT molecular complexity index is 1010. The van der Waals surface area contributed by atoms with Crippen molar-refractivity contribution in [1.29, 1.82) is 0 Å². The number of hydrazine groups is 1. The molecule has 2 aromatic rings. The van der Waals surface area contributed by atoms with E-state index in [1.165, 1.54) is 19.2 Å². The Morgan fingerprint density at radius 2 is 1.97 bits per heavy atom. The molecule has 0 aliphatic carbocycles. The number of ether oxygens (including phenoxy) is 2. The van der Waals surface area contributed by atoms with Crippen LogP contribution in [-0.4, -0.2) is 59.6 Å². The minimum atomic E-state index is -4.84. The van der Waals surface area contributed by atoms with Crippen LogP contribution < -0.4 is 15.7 Å². The van der Waals surface area contributed by atoms with Gasteiger partial charge in [0, 0.05) is 26.1 Å². The first-order chi connectivity index (χ1) is 15.0. The van der Waals surface area contributed by atoms with E-state index in [-0.39, 0.29) is 18.8 Å². The molecule has 3 rings (SSSR count). The highest BCUT2D eigenvalue weighted by Crippen LogP contribution is 2.26. The average molecular weight is 462 g/mol. The molecule has 1 saturated heterocycles. The van der Waals surface area contributed by atoms with Crippen LogP contribution in [0.4, 0.5) is 22.0 Å². The van der Waals surface area contributed by atoms with Gasteiger partial charge in [-0.25, -0.2) is 18.8 Å². The van der Waals surface area contributed by atoms with Gasteiger partial charge in [-0.05, 0) is 17.7 Å². The van der Waals surface area contributed by atoms with Crippen LogP contribution in [0.1, 0.15) is 28.5 Å². The maximum atomic E-state index is 13.3. The number of hydrogen-bond acceptors (Lipinski definition) is 6. The predicted molar refractivity (Wildman–Crippen MR) is 100 cm³/mol. The fourth-order valence-corrected chi connectivity index (χ4v) is 3.19. The lowest BCUT2D eigenvalue weighted by molar-refractivity contribution is -0.274. The molecule has 1 aliphatic rings. The van der Waals surface area contributed by atoms with Crippen LogP contribution in [0.2, 0.25) is 0 Å². The highest BCUT2D eigenvalue weighted by Gasteiger charge is 2.39. The third-order valence-electron chi connectivity index (χ3n) is 4.66. The molecular formula is C19H19F5N4O4. The predicted octanol–water partition coefficient (Wildman–Crippen LogP) is 2.36. The summed E-state index contributed by atoms with van der Waals surface area (Å²) in [6, 6.07) is 5.05. The van der Waals surface area contributed by atoms with Crippen molar-refractivity contribution in [3.8, 4) is 5.75 Å². The van der Waals surface area contributed by atoms with Crippen LogP contribution in [0.25, 0.3) is 0 Å². The number of alkyl halides is 5. The van der Waals surface area contributed by atoms with Crippen molar-refractivity contribution in [3.63, 3.8) is 0 Å². The zero-order chi connectivity index (χ0) is 23.5. The van der Waals surface area contributed by atoms with Gasteiger partial charge in [0.15, 0.2) is 0 Å². The van der Waals surface area contributed by atoms with Gasteiger partial charge in [0.1, 0.15) is 11.4 Å². The molecule has 1 atom stereocenters. The quantitative estimate of drug-likeness (QED) is 0.636. The van der Waals surface area contributed by atoms with Crippen LogP contribution in [-0.2, 0) is 4.74 Å². The maximum Gasteiger partial charge on any atom is 0.573 e. The summed E-state index contributed by atoms with van der Waals surface area (Å²) < 4.78 is 73.6. The summed E-state index contributed by atoms with van der Waals surface area (Å²) in [4.78, 5) is 28.8. The largest absolute Gasteiger partial charge is 0.573 e. The summed E-state index contributed by atoms with van der Waals surface area (Å²) in [7, 11) is 1.38. The number of carbonyl (C=O) groups is 1. The lowest BCUT2D eigenvalue weighted by Gasteiger charge is -2.20. The molecule has 2 heterocycles. The van der Waals surface area contributed by atoms with E-state index < -0.39 is 48.5 Å². The number of hydrogen-bond donors (Lipinski definition) is 1. The smallest absolute Gasteiger partial charge is 0.406 e. The Morgan fingerprint density at radius 3 is 2.50 bits per heavy atom. The number of halogens is 5. The number of nitrogens with zero attached hydrogens (tertiary/aromatic N) is 3. The molecule has 0 unspecified atom stereocenters. The molecule has 8 nitrogen and oxygen atoms in total. The van der Waals surface area contributed by atoms with Crippen molar-refractivity contribution < 1.29 is 36.2 Å². The molecule has 1 aromatic heterocycles. The molecular weight excluding hydrogens is 443 g/mol. The zero-order valence-corrected chi connectivity index (χ0v) is 16.7. The van der Waals surface area contributed by atoms with E-state index in [4.69, 9.17) is 4.74 Å². The van der Waals surface area contributed by atoms with E-state index in [0.29, 0.717) is 5.56 Å². The van der Waals surface area contributed by atoms with Crippen LogP contribution in [0.3, 0.4) is 0 Å². The van der Waals surface area contributed by atoms with E-state index in [0.717, 1.165) is 34.1 Å². The number of nitrogens with one attached hydrogen (secondary N) is 1. The van der Waals surface area contributed by atoms with Crippen molar-refractivity contribution in [2.75, 3.05) is 26.8 Å². The normalized spacial score (nSPS) is 17.2. The van der Waals surface area contributed by atoms with Crippen LogP contribution in [0.5, 0.6) is 5.75 Å². The highest BCUT2D eigenvalue weighted by molar-refractivity contribution is 5.91. The Kier molecular flexibility index (Phi) is 6.79. The van der Waals surface area contributed by atoms with Gasteiger partial charge in [-0.2, -0.15) is 0 Å². The summed E-state index contributed by atoms with van der Waals surface area (Å²) in [5, 5.41) is 1.05. The monoisotopic (exact) mass is 462 g/mol. The van der Waals surface area contributed by atoms with Gasteiger partial charge in [-0.15, -0.1) is 13.2 Å². The minimum absolute atomic E-state index is 0.0184. The molecule has 174 valence electrons. The van der Waals surface area contributed by atoms with E-state index >= 15 is 0 Å². The van der Waals surface area contributed by atoms with E-state index in [9.17, 15) is 31.5 Å². The van der Waals surface area contributed by atoms with Gasteiger partial charge < -0.3 is 9.47 Å². The second-order valence-corrected chi connectivity index (χ2v) is 7.08. The van der Waals surface area contributed by atoms with Crippen LogP contribution >= 0.6 is 0 Å². The summed E-state index contributed by atoms with van der Waals surface area (Å²) in [6.45, 7) is -0.699. The molecule has 0 spiro atoms. The molecule has 13 heteroatoms. The SMILES string of the molecule is COC[C@H](c1ccc(OC(F)(F)F)cc1)n1cnc(C(=O)NN2CCC(F)(F)C2)cc1=O. The molecule has 1 fully saturated rings. The van der Waals surface area contributed by atoms with Crippen molar-refractivity contribution in [2.45, 2.75) is 24.7 Å². The lowest BCUT2D eigenvalue weighted by Crippen LogP contribution is -2.42. The topological polar surface area (TPSA) is 85.7 Å². The van der Waals surface area contributed by atoms with Gasteiger partial charge in [-0.3, -0.25) is 19.6 Å². The van der Waals surface area contributed by atoms with Crippen molar-refractivity contribution >= 4 is 5.91 Å². The Balaban J connectivity index is 1.77. The minimum Gasteiger partial charge on any atom is -0.406 e. The summed E-state index contributed by atoms with van der Waals surface area (Å²) in [5.41, 5.74) is 1.80. The standard InChI is InChI=1S/C19H19F5N4O4/c1-31-9-15(12-2-4-13(5-3-12)32-19(22,23)24)28-11-25-14(8-16(28)29)17(30)26-27-7-6-18(20,21)10-27/h2-5,8,11,15H,6-7,9-10H2,1H3,(H,26,30)/t15-/m1/s1. The fourth-order valence-electron chi connectivity index (χ4n) is 3.19. The first-order valence-electron chi connectivity index (χ1n) is 9.34. The van der Waals surface area contributed by atoms with Crippen molar-refractivity contribution in [2.24, 2.45) is 0 Å². The maximum absolute atomic E-state index is 13.3. The van der Waals surface area contributed by atoms with Gasteiger partial charge in [-0.1, -0.05) is 12.1 Å². The second-order valence-electron chi connectivity index (χ2n) is 7.08. The Hall–Kier alpha value is -3.06. The number of amides is 1. The first-order valence-corrected chi connectivity index (χ1v) is 9.34. The first kappa shape index (κ1) is 23.6. The Labute approximate surface area is 178 Å². The van der Waals surface area contributed by atoms with Gasteiger partial charge in [0.25, 0.3) is 17.4 Å². The third-order valence-corrected chi connectivity index (χ3v) is 4.66. The molecule has 0 radical (unpaired) electrons.